The largest absolute Gasteiger partial charge is 0.367 e. The fourth-order valence-corrected chi connectivity index (χ4v) is 5.57. The molecule has 0 spiro atoms. The maximum Gasteiger partial charge on any atom is 0.224 e. The van der Waals surface area contributed by atoms with Gasteiger partial charge in [0.2, 0.25) is 11.8 Å². The molecule has 2 fully saturated rings. The highest BCUT2D eigenvalue weighted by atomic mass is 16.2. The van der Waals surface area contributed by atoms with Crippen molar-refractivity contribution in [3.63, 3.8) is 0 Å². The second-order valence-electron chi connectivity index (χ2n) is 10.4. The molecule has 0 aliphatic carbocycles. The van der Waals surface area contributed by atoms with Crippen molar-refractivity contribution in [3.8, 4) is 0 Å². The Balaban J connectivity index is 1.24. The maximum atomic E-state index is 12.7. The predicted molar refractivity (Wildman–Crippen MR) is 150 cm³/mol. The third-order valence-corrected chi connectivity index (χ3v) is 7.64. The van der Waals surface area contributed by atoms with Gasteiger partial charge in [0.1, 0.15) is 0 Å². The predicted octanol–water partition coefficient (Wildman–Crippen LogP) is 6.58. The summed E-state index contributed by atoms with van der Waals surface area (Å²) in [4.78, 5) is 30.2. The number of unbranched alkanes of at least 4 members (excludes halogenated alkanes) is 1. The summed E-state index contributed by atoms with van der Waals surface area (Å²) >= 11 is 0. The van der Waals surface area contributed by atoms with Crippen molar-refractivity contribution in [2.75, 3.05) is 33.5 Å². The summed E-state index contributed by atoms with van der Waals surface area (Å²) in [6, 6.07) is 17.2. The van der Waals surface area contributed by atoms with Crippen LogP contribution in [0.2, 0.25) is 0 Å². The van der Waals surface area contributed by atoms with Crippen LogP contribution in [-0.4, -0.2) is 37.0 Å². The molecule has 2 aliphatic rings. The second-order valence-corrected chi connectivity index (χ2v) is 10.4. The van der Waals surface area contributed by atoms with Crippen molar-refractivity contribution in [3.05, 3.63) is 48.5 Å². The summed E-state index contributed by atoms with van der Waals surface area (Å²) in [5.74, 6) is 0.0221. The molecule has 194 valence electrons. The average molecular weight is 491 g/mol. The van der Waals surface area contributed by atoms with Gasteiger partial charge in [-0.3, -0.25) is 9.59 Å². The summed E-state index contributed by atoms with van der Waals surface area (Å²) in [6.45, 7) is 6.58. The van der Waals surface area contributed by atoms with Crippen LogP contribution in [0.15, 0.2) is 48.5 Å². The van der Waals surface area contributed by atoms with E-state index in [-0.39, 0.29) is 11.8 Å². The molecule has 0 unspecified atom stereocenters. The lowest BCUT2D eigenvalue weighted by molar-refractivity contribution is -0.118. The minimum absolute atomic E-state index is 0.0111. The van der Waals surface area contributed by atoms with Crippen LogP contribution in [-0.2, 0) is 9.59 Å². The molecule has 36 heavy (non-hydrogen) atoms. The second kappa shape index (κ2) is 12.8. The van der Waals surface area contributed by atoms with Crippen LogP contribution >= 0.6 is 0 Å². The van der Waals surface area contributed by atoms with Crippen molar-refractivity contribution in [1.29, 1.82) is 0 Å². The number of hydrogen-bond donors (Lipinski definition) is 2. The number of rotatable bonds is 9. The quantitative estimate of drug-likeness (QED) is 0.390. The zero-order valence-electron chi connectivity index (χ0n) is 22.0. The molecular weight excluding hydrogens is 448 g/mol. The van der Waals surface area contributed by atoms with E-state index >= 15 is 0 Å². The number of anilines is 4. The normalized spacial score (nSPS) is 20.2. The number of amides is 2. The first-order chi connectivity index (χ1) is 17.5. The Hall–Kier alpha value is -3.02. The summed E-state index contributed by atoms with van der Waals surface area (Å²) in [5.41, 5.74) is 3.99. The summed E-state index contributed by atoms with van der Waals surface area (Å²) in [5, 5.41) is 6.24. The maximum absolute atomic E-state index is 12.7. The van der Waals surface area contributed by atoms with Gasteiger partial charge in [0.05, 0.1) is 22.7 Å². The smallest absolute Gasteiger partial charge is 0.224 e. The minimum Gasteiger partial charge on any atom is -0.367 e. The number of benzene rings is 2. The van der Waals surface area contributed by atoms with Gasteiger partial charge in [0.15, 0.2) is 0 Å². The fraction of sp³-hybridized carbons (Fsp3) is 0.533. The van der Waals surface area contributed by atoms with Crippen molar-refractivity contribution in [1.82, 2.24) is 0 Å². The molecular formula is C30H42N4O2. The summed E-state index contributed by atoms with van der Waals surface area (Å²) in [6.07, 6.45) is 9.49. The van der Waals surface area contributed by atoms with Gasteiger partial charge in [-0.2, -0.15) is 0 Å². The first-order valence-corrected chi connectivity index (χ1v) is 13.8. The summed E-state index contributed by atoms with van der Waals surface area (Å²) in [7, 11) is 0. The van der Waals surface area contributed by atoms with E-state index < -0.39 is 0 Å². The molecule has 2 heterocycles. The monoisotopic (exact) mass is 490 g/mol. The molecule has 2 aliphatic heterocycles. The number of hydrogen-bond acceptors (Lipinski definition) is 4. The van der Waals surface area contributed by atoms with Crippen LogP contribution in [0.4, 0.5) is 22.7 Å². The highest BCUT2D eigenvalue weighted by molar-refractivity contribution is 5.95. The van der Waals surface area contributed by atoms with Crippen molar-refractivity contribution >= 4 is 34.6 Å². The molecule has 2 atom stereocenters. The Kier molecular flexibility index (Phi) is 9.26. The van der Waals surface area contributed by atoms with E-state index in [2.05, 4.69) is 46.4 Å². The minimum atomic E-state index is 0.0111. The highest BCUT2D eigenvalue weighted by Crippen LogP contribution is 2.32. The Labute approximate surface area is 216 Å². The van der Waals surface area contributed by atoms with E-state index in [1.54, 1.807) is 0 Å². The molecule has 6 heteroatoms. The molecule has 0 bridgehead atoms. The van der Waals surface area contributed by atoms with Crippen LogP contribution in [0, 0.1) is 0 Å². The lowest BCUT2D eigenvalue weighted by Crippen LogP contribution is -2.38. The number of carbonyl (C=O) groups excluding carboxylic acids is 2. The van der Waals surface area contributed by atoms with Crippen LogP contribution in [0.3, 0.4) is 0 Å². The zero-order valence-corrected chi connectivity index (χ0v) is 22.0. The summed E-state index contributed by atoms with van der Waals surface area (Å²) < 4.78 is 0. The van der Waals surface area contributed by atoms with Gasteiger partial charge < -0.3 is 20.4 Å². The molecule has 2 aromatic rings. The zero-order chi connectivity index (χ0) is 25.3. The number of para-hydroxylation sites is 4. The fourth-order valence-electron chi connectivity index (χ4n) is 5.57. The molecule has 2 saturated heterocycles. The van der Waals surface area contributed by atoms with E-state index in [1.807, 2.05) is 36.4 Å². The number of carbonyl (C=O) groups is 2. The highest BCUT2D eigenvalue weighted by Gasteiger charge is 2.22. The first-order valence-electron chi connectivity index (χ1n) is 13.8. The number of nitrogens with one attached hydrogen (secondary N) is 2. The molecule has 2 N–H and O–H groups in total. The van der Waals surface area contributed by atoms with E-state index in [4.69, 9.17) is 0 Å². The molecule has 6 nitrogen and oxygen atoms in total. The van der Waals surface area contributed by atoms with Gasteiger partial charge in [-0.25, -0.2) is 0 Å². The van der Waals surface area contributed by atoms with Crippen LogP contribution in [0.5, 0.6) is 0 Å². The average Bonchev–Trinajstić information content (AvgIpc) is 2.88. The van der Waals surface area contributed by atoms with E-state index in [0.717, 1.165) is 35.8 Å². The lowest BCUT2D eigenvalue weighted by Gasteiger charge is -2.36. The molecule has 0 aromatic heterocycles. The van der Waals surface area contributed by atoms with Crippen LogP contribution < -0.4 is 20.4 Å². The van der Waals surface area contributed by atoms with Gasteiger partial charge in [-0.1, -0.05) is 24.3 Å². The van der Waals surface area contributed by atoms with Crippen molar-refractivity contribution in [2.45, 2.75) is 90.1 Å². The molecule has 2 aromatic carbocycles. The Morgan fingerprint density at radius 2 is 1.11 bits per heavy atom. The standard InChI is InChI=1S/C30H42N4O2/c1-23-13-9-11-21-33(23)27-17-5-3-15-25(27)31-29(35)19-7-8-20-30(36)32-26-16-4-6-18-28(26)34-22-12-10-14-24(34)2/h3-6,15-18,23-24H,7-14,19-22H2,1-2H3,(H,31,35)(H,32,36)/t23-,24-/m0/s1. The molecule has 0 saturated carbocycles. The Morgan fingerprint density at radius 1 is 0.694 bits per heavy atom. The van der Waals surface area contributed by atoms with Gasteiger partial charge in [-0.15, -0.1) is 0 Å². The van der Waals surface area contributed by atoms with Gasteiger partial charge in [0, 0.05) is 38.0 Å². The topological polar surface area (TPSA) is 64.7 Å². The first kappa shape index (κ1) is 26.1. The van der Waals surface area contributed by atoms with Gasteiger partial charge >= 0.3 is 0 Å². The van der Waals surface area contributed by atoms with Gasteiger partial charge in [0.25, 0.3) is 0 Å². The van der Waals surface area contributed by atoms with Gasteiger partial charge in [-0.05, 0) is 89.5 Å². The number of nitrogens with zero attached hydrogens (tertiary/aromatic N) is 2. The number of piperidine rings is 2. The van der Waals surface area contributed by atoms with E-state index in [1.165, 1.54) is 38.5 Å². The Morgan fingerprint density at radius 3 is 1.53 bits per heavy atom. The Bertz CT molecular complexity index is 942. The lowest BCUT2D eigenvalue weighted by atomic mass is 10.0. The van der Waals surface area contributed by atoms with Crippen LogP contribution in [0.25, 0.3) is 0 Å². The van der Waals surface area contributed by atoms with Crippen LogP contribution in [0.1, 0.15) is 78.1 Å². The van der Waals surface area contributed by atoms with E-state index in [0.29, 0.717) is 37.8 Å². The molecule has 0 radical (unpaired) electrons. The molecule has 4 rings (SSSR count). The van der Waals surface area contributed by atoms with Crippen molar-refractivity contribution in [2.24, 2.45) is 0 Å². The molecule has 2 amide bonds. The third-order valence-electron chi connectivity index (χ3n) is 7.64. The van der Waals surface area contributed by atoms with E-state index in [9.17, 15) is 9.59 Å². The SMILES string of the molecule is C[C@H]1CCCCN1c1ccccc1NC(=O)CCCCC(=O)Nc1ccccc1N1CCCC[C@@H]1C. The third kappa shape index (κ3) is 6.80. The van der Waals surface area contributed by atoms with Crippen molar-refractivity contribution < 1.29 is 9.59 Å².